The van der Waals surface area contributed by atoms with Crippen molar-refractivity contribution in [3.8, 4) is 0 Å². The van der Waals surface area contributed by atoms with Gasteiger partial charge in [-0.15, -0.1) is 0 Å². The molecular formula is C17H33N3O. The summed E-state index contributed by atoms with van der Waals surface area (Å²) < 4.78 is 0. The number of carbonyl (C=O) groups excluding carboxylic acids is 1. The first kappa shape index (κ1) is 16.8. The van der Waals surface area contributed by atoms with E-state index in [-0.39, 0.29) is 5.41 Å². The molecule has 1 N–H and O–H groups in total. The fraction of sp³-hybridized carbons (Fsp3) is 0.941. The largest absolute Gasteiger partial charge is 0.342 e. The number of carbonyl (C=O) groups is 1. The molecule has 0 saturated carbocycles. The molecule has 0 bridgehead atoms. The van der Waals surface area contributed by atoms with Crippen LogP contribution in [0.3, 0.4) is 0 Å². The smallest absolute Gasteiger partial charge is 0.228 e. The maximum Gasteiger partial charge on any atom is 0.228 e. The van der Waals surface area contributed by atoms with Gasteiger partial charge >= 0.3 is 0 Å². The predicted molar refractivity (Wildman–Crippen MR) is 87.3 cm³/mol. The van der Waals surface area contributed by atoms with E-state index in [4.69, 9.17) is 0 Å². The molecular weight excluding hydrogens is 262 g/mol. The summed E-state index contributed by atoms with van der Waals surface area (Å²) in [6, 6.07) is 0. The number of hydrogen-bond donors (Lipinski definition) is 1. The van der Waals surface area contributed by atoms with E-state index in [2.05, 4.69) is 35.9 Å². The minimum Gasteiger partial charge on any atom is -0.342 e. The summed E-state index contributed by atoms with van der Waals surface area (Å²) in [5.41, 5.74) is -0.114. The number of piperidine rings is 2. The molecule has 0 aromatic heterocycles. The molecule has 0 aromatic carbocycles. The van der Waals surface area contributed by atoms with Gasteiger partial charge in [0.05, 0.1) is 0 Å². The molecule has 2 aliphatic heterocycles. The summed E-state index contributed by atoms with van der Waals surface area (Å²) in [7, 11) is 0. The van der Waals surface area contributed by atoms with Gasteiger partial charge in [-0.3, -0.25) is 4.79 Å². The number of hydrogen-bond acceptors (Lipinski definition) is 3. The van der Waals surface area contributed by atoms with Crippen LogP contribution in [-0.4, -0.2) is 61.5 Å². The zero-order valence-electron chi connectivity index (χ0n) is 14.2. The molecule has 2 aliphatic rings. The van der Waals surface area contributed by atoms with Crippen LogP contribution in [0.2, 0.25) is 0 Å². The van der Waals surface area contributed by atoms with Gasteiger partial charge in [0.1, 0.15) is 0 Å². The molecule has 0 unspecified atom stereocenters. The molecule has 122 valence electrons. The van der Waals surface area contributed by atoms with Gasteiger partial charge in [-0.05, 0) is 57.8 Å². The van der Waals surface area contributed by atoms with Crippen LogP contribution in [-0.2, 0) is 4.79 Å². The van der Waals surface area contributed by atoms with Crippen molar-refractivity contribution in [1.82, 2.24) is 15.1 Å². The molecule has 0 atom stereocenters. The van der Waals surface area contributed by atoms with Gasteiger partial charge in [-0.2, -0.15) is 0 Å². The van der Waals surface area contributed by atoms with Crippen molar-refractivity contribution in [3.05, 3.63) is 0 Å². The highest BCUT2D eigenvalue weighted by Crippen LogP contribution is 2.32. The molecule has 0 spiro atoms. The zero-order chi connectivity index (χ0) is 15.3. The van der Waals surface area contributed by atoms with E-state index in [0.717, 1.165) is 58.0 Å². The van der Waals surface area contributed by atoms with Crippen LogP contribution < -0.4 is 5.32 Å². The molecule has 2 rings (SSSR count). The van der Waals surface area contributed by atoms with Crippen molar-refractivity contribution in [2.75, 3.05) is 45.8 Å². The molecule has 2 fully saturated rings. The third kappa shape index (κ3) is 4.19. The zero-order valence-corrected chi connectivity index (χ0v) is 14.2. The second-order valence-electron chi connectivity index (χ2n) is 7.03. The quantitative estimate of drug-likeness (QED) is 0.842. The van der Waals surface area contributed by atoms with Crippen molar-refractivity contribution in [1.29, 1.82) is 0 Å². The fourth-order valence-corrected chi connectivity index (χ4v) is 3.74. The van der Waals surface area contributed by atoms with Crippen molar-refractivity contribution < 1.29 is 4.79 Å². The first-order valence-electron chi connectivity index (χ1n) is 8.81. The highest BCUT2D eigenvalue weighted by Gasteiger charge is 2.38. The molecule has 2 heterocycles. The Morgan fingerprint density at radius 3 is 2.29 bits per heavy atom. The van der Waals surface area contributed by atoms with Crippen molar-refractivity contribution in [2.45, 2.75) is 46.5 Å². The highest BCUT2D eigenvalue weighted by molar-refractivity contribution is 5.82. The second kappa shape index (κ2) is 7.59. The van der Waals surface area contributed by atoms with Crippen LogP contribution in [0.4, 0.5) is 0 Å². The Morgan fingerprint density at radius 2 is 1.76 bits per heavy atom. The van der Waals surface area contributed by atoms with Crippen molar-refractivity contribution in [3.63, 3.8) is 0 Å². The Bertz CT molecular complexity index is 327. The van der Waals surface area contributed by atoms with Gasteiger partial charge in [0, 0.05) is 25.0 Å². The number of nitrogens with zero attached hydrogens (tertiary/aromatic N) is 2. The molecule has 4 nitrogen and oxygen atoms in total. The normalized spacial score (nSPS) is 23.5. The van der Waals surface area contributed by atoms with Crippen LogP contribution in [0.25, 0.3) is 0 Å². The molecule has 0 radical (unpaired) electrons. The minimum absolute atomic E-state index is 0.114. The van der Waals surface area contributed by atoms with Gasteiger partial charge in [0.15, 0.2) is 0 Å². The van der Waals surface area contributed by atoms with E-state index < -0.39 is 0 Å². The maximum atomic E-state index is 12.8. The molecule has 4 heteroatoms. The monoisotopic (exact) mass is 295 g/mol. The van der Waals surface area contributed by atoms with Crippen LogP contribution in [0.15, 0.2) is 0 Å². The van der Waals surface area contributed by atoms with Crippen molar-refractivity contribution >= 4 is 5.91 Å². The van der Waals surface area contributed by atoms with Crippen LogP contribution >= 0.6 is 0 Å². The third-order valence-corrected chi connectivity index (χ3v) is 5.54. The van der Waals surface area contributed by atoms with Crippen molar-refractivity contribution in [2.24, 2.45) is 11.3 Å². The number of nitrogens with one attached hydrogen (secondary N) is 1. The van der Waals surface area contributed by atoms with E-state index in [0.29, 0.717) is 5.91 Å². The Hall–Kier alpha value is -0.610. The Kier molecular flexibility index (Phi) is 6.06. The summed E-state index contributed by atoms with van der Waals surface area (Å²) in [6.45, 7) is 14.0. The lowest BCUT2D eigenvalue weighted by molar-refractivity contribution is -0.144. The SMILES string of the molecule is CCN(CC)CC1CCN(C(=O)C2(C)CCNCC2)CC1. The standard InChI is InChI=1S/C17H33N3O/c1-4-19(5-2)14-15-6-12-20(13-7-15)16(21)17(3)8-10-18-11-9-17/h15,18H,4-14H2,1-3H3. The first-order chi connectivity index (χ1) is 10.1. The van der Waals surface area contributed by atoms with Gasteiger partial charge in [0.25, 0.3) is 0 Å². The molecule has 2 saturated heterocycles. The summed E-state index contributed by atoms with van der Waals surface area (Å²) >= 11 is 0. The van der Waals surface area contributed by atoms with Crippen LogP contribution in [0, 0.1) is 11.3 Å². The summed E-state index contributed by atoms with van der Waals surface area (Å²) in [6.07, 6.45) is 4.34. The fourth-order valence-electron chi connectivity index (χ4n) is 3.74. The lowest BCUT2D eigenvalue weighted by Gasteiger charge is -2.41. The average Bonchev–Trinajstić information content (AvgIpc) is 2.53. The molecule has 0 aliphatic carbocycles. The summed E-state index contributed by atoms with van der Waals surface area (Å²) in [5.74, 6) is 1.18. The summed E-state index contributed by atoms with van der Waals surface area (Å²) in [5, 5.41) is 3.36. The number of amides is 1. The van der Waals surface area contributed by atoms with E-state index in [9.17, 15) is 4.79 Å². The lowest BCUT2D eigenvalue weighted by Crippen LogP contribution is -2.50. The van der Waals surface area contributed by atoms with Gasteiger partial charge < -0.3 is 15.1 Å². The molecule has 21 heavy (non-hydrogen) atoms. The van der Waals surface area contributed by atoms with Gasteiger partial charge in [-0.1, -0.05) is 20.8 Å². The minimum atomic E-state index is -0.114. The molecule has 1 amide bonds. The van der Waals surface area contributed by atoms with Crippen LogP contribution in [0.1, 0.15) is 46.5 Å². The van der Waals surface area contributed by atoms with E-state index in [1.54, 1.807) is 0 Å². The Morgan fingerprint density at radius 1 is 1.19 bits per heavy atom. The van der Waals surface area contributed by atoms with E-state index in [1.165, 1.54) is 19.4 Å². The van der Waals surface area contributed by atoms with Gasteiger partial charge in [-0.25, -0.2) is 0 Å². The number of likely N-dealkylation sites (tertiary alicyclic amines) is 1. The summed E-state index contributed by atoms with van der Waals surface area (Å²) in [4.78, 5) is 17.5. The van der Waals surface area contributed by atoms with Gasteiger partial charge in [0.2, 0.25) is 5.91 Å². The Labute approximate surface area is 130 Å². The maximum absolute atomic E-state index is 12.8. The second-order valence-corrected chi connectivity index (χ2v) is 7.03. The topological polar surface area (TPSA) is 35.6 Å². The molecule has 0 aromatic rings. The predicted octanol–water partition coefficient (Wildman–Crippen LogP) is 1.96. The highest BCUT2D eigenvalue weighted by atomic mass is 16.2. The number of rotatable bonds is 5. The first-order valence-corrected chi connectivity index (χ1v) is 8.81. The van der Waals surface area contributed by atoms with Crippen LogP contribution in [0.5, 0.6) is 0 Å². The van der Waals surface area contributed by atoms with E-state index >= 15 is 0 Å². The lowest BCUT2D eigenvalue weighted by atomic mass is 9.79. The van der Waals surface area contributed by atoms with E-state index in [1.807, 2.05) is 0 Å². The third-order valence-electron chi connectivity index (χ3n) is 5.54. The Balaban J connectivity index is 1.81. The average molecular weight is 295 g/mol.